The highest BCUT2D eigenvalue weighted by Crippen LogP contribution is 2.19. The van der Waals surface area contributed by atoms with E-state index in [0.717, 1.165) is 5.56 Å². The highest BCUT2D eigenvalue weighted by molar-refractivity contribution is 6.32. The van der Waals surface area contributed by atoms with Crippen molar-refractivity contribution in [1.82, 2.24) is 9.78 Å². The number of benzene rings is 2. The van der Waals surface area contributed by atoms with Gasteiger partial charge in [0.1, 0.15) is 11.0 Å². The molecule has 3 aromatic rings. The Bertz CT molecular complexity index is 982. The normalized spacial score (nSPS) is 11.1. The Morgan fingerprint density at radius 3 is 2.56 bits per heavy atom. The predicted molar refractivity (Wildman–Crippen MR) is 102 cm³/mol. The molecular formula is C19H16ClFN4O2. The summed E-state index contributed by atoms with van der Waals surface area (Å²) in [6.07, 6.45) is 1.55. The van der Waals surface area contributed by atoms with Crippen LogP contribution in [0.1, 0.15) is 27.2 Å². The second-order valence-electron chi connectivity index (χ2n) is 5.83. The Labute approximate surface area is 159 Å². The van der Waals surface area contributed by atoms with Gasteiger partial charge in [0.2, 0.25) is 0 Å². The largest absolute Gasteiger partial charge is 0.478 e. The van der Waals surface area contributed by atoms with Crippen LogP contribution >= 0.6 is 11.6 Å². The Balaban J connectivity index is 1.71. The van der Waals surface area contributed by atoms with Crippen molar-refractivity contribution >= 4 is 29.5 Å². The molecule has 0 bridgehead atoms. The fraction of sp³-hybridized carbons (Fsp3) is 0.105. The molecule has 0 amide bonds. The molecule has 138 valence electrons. The third-order valence-corrected chi connectivity index (χ3v) is 4.27. The van der Waals surface area contributed by atoms with Gasteiger partial charge in [-0.3, -0.25) is 5.43 Å². The number of hydrogen-bond donors (Lipinski definition) is 2. The number of nitrogens with one attached hydrogen (secondary N) is 1. The molecule has 2 aromatic carbocycles. The standard InChI is InChI=1S/C19H16ClFN4O2/c1-12-17(10-22-23-16-8-4-14(5-9-16)19(26)27)18(20)25(24-12)11-13-2-6-15(21)7-3-13/h2-10,23H,11H2,1H3,(H,26,27). The van der Waals surface area contributed by atoms with Crippen LogP contribution in [0.5, 0.6) is 0 Å². The molecule has 2 N–H and O–H groups in total. The number of aromatic carboxylic acids is 1. The Morgan fingerprint density at radius 1 is 1.26 bits per heavy atom. The van der Waals surface area contributed by atoms with Crippen LogP contribution in [-0.4, -0.2) is 27.1 Å². The first kappa shape index (κ1) is 18.6. The molecule has 1 heterocycles. The van der Waals surface area contributed by atoms with E-state index in [9.17, 15) is 9.18 Å². The van der Waals surface area contributed by atoms with E-state index in [2.05, 4.69) is 15.6 Å². The molecular weight excluding hydrogens is 371 g/mol. The minimum absolute atomic E-state index is 0.200. The SMILES string of the molecule is Cc1nn(Cc2ccc(F)cc2)c(Cl)c1C=NNc1ccc(C(=O)O)cc1. The summed E-state index contributed by atoms with van der Waals surface area (Å²) in [6, 6.07) is 12.3. The first-order valence-electron chi connectivity index (χ1n) is 8.04. The van der Waals surface area contributed by atoms with Crippen molar-refractivity contribution in [3.8, 4) is 0 Å². The van der Waals surface area contributed by atoms with Gasteiger partial charge in [-0.05, 0) is 48.9 Å². The number of hydrazone groups is 1. The molecule has 0 saturated carbocycles. The van der Waals surface area contributed by atoms with Crippen LogP contribution in [0, 0.1) is 12.7 Å². The summed E-state index contributed by atoms with van der Waals surface area (Å²) in [5.41, 5.74) is 5.90. The maximum absolute atomic E-state index is 13.0. The number of carboxylic acid groups (broad SMARTS) is 1. The minimum atomic E-state index is -0.985. The van der Waals surface area contributed by atoms with Crippen molar-refractivity contribution in [2.75, 3.05) is 5.43 Å². The van der Waals surface area contributed by atoms with Crippen molar-refractivity contribution in [3.05, 3.63) is 81.9 Å². The molecule has 6 nitrogen and oxygen atoms in total. The van der Waals surface area contributed by atoms with E-state index in [1.807, 2.05) is 6.92 Å². The lowest BCUT2D eigenvalue weighted by molar-refractivity contribution is 0.0697. The number of aromatic nitrogens is 2. The van der Waals surface area contributed by atoms with E-state index in [4.69, 9.17) is 16.7 Å². The van der Waals surface area contributed by atoms with Crippen molar-refractivity contribution in [3.63, 3.8) is 0 Å². The molecule has 0 fully saturated rings. The van der Waals surface area contributed by atoms with Gasteiger partial charge in [0.05, 0.1) is 35.3 Å². The summed E-state index contributed by atoms with van der Waals surface area (Å²) < 4.78 is 14.6. The van der Waals surface area contributed by atoms with Gasteiger partial charge in [0.15, 0.2) is 0 Å². The van der Waals surface area contributed by atoms with E-state index in [1.165, 1.54) is 24.3 Å². The van der Waals surface area contributed by atoms with Crippen LogP contribution in [0.2, 0.25) is 5.15 Å². The van der Waals surface area contributed by atoms with Crippen LogP contribution in [0.15, 0.2) is 53.6 Å². The molecule has 0 radical (unpaired) electrons. The molecule has 3 rings (SSSR count). The topological polar surface area (TPSA) is 79.5 Å². The molecule has 0 unspecified atom stereocenters. The van der Waals surface area contributed by atoms with E-state index in [-0.39, 0.29) is 11.4 Å². The van der Waals surface area contributed by atoms with Crippen LogP contribution in [-0.2, 0) is 6.54 Å². The van der Waals surface area contributed by atoms with E-state index in [1.54, 1.807) is 35.2 Å². The van der Waals surface area contributed by atoms with Gasteiger partial charge >= 0.3 is 5.97 Å². The smallest absolute Gasteiger partial charge is 0.335 e. The van der Waals surface area contributed by atoms with Gasteiger partial charge in [-0.2, -0.15) is 10.2 Å². The number of hydrogen-bond acceptors (Lipinski definition) is 4. The van der Waals surface area contributed by atoms with Crippen molar-refractivity contribution in [2.24, 2.45) is 5.10 Å². The van der Waals surface area contributed by atoms with Gasteiger partial charge in [-0.25, -0.2) is 13.9 Å². The number of halogens is 2. The maximum Gasteiger partial charge on any atom is 0.335 e. The number of carbonyl (C=O) groups is 1. The third kappa shape index (κ3) is 4.51. The monoisotopic (exact) mass is 386 g/mol. The van der Waals surface area contributed by atoms with Crippen molar-refractivity contribution < 1.29 is 14.3 Å². The molecule has 8 heteroatoms. The second kappa shape index (κ2) is 8.01. The quantitative estimate of drug-likeness (QED) is 0.492. The van der Waals surface area contributed by atoms with Gasteiger partial charge in [-0.1, -0.05) is 23.7 Å². The number of rotatable bonds is 6. The zero-order valence-corrected chi connectivity index (χ0v) is 15.1. The summed E-state index contributed by atoms with van der Waals surface area (Å²) in [4.78, 5) is 10.8. The summed E-state index contributed by atoms with van der Waals surface area (Å²) in [5, 5.41) is 17.8. The maximum atomic E-state index is 13.0. The number of carboxylic acids is 1. The number of nitrogens with zero attached hydrogens (tertiary/aromatic N) is 3. The average Bonchev–Trinajstić information content (AvgIpc) is 2.91. The van der Waals surface area contributed by atoms with Crippen LogP contribution < -0.4 is 5.43 Å². The lowest BCUT2D eigenvalue weighted by Gasteiger charge is -2.03. The molecule has 0 saturated heterocycles. The molecule has 0 atom stereocenters. The van der Waals surface area contributed by atoms with Crippen LogP contribution in [0.3, 0.4) is 0 Å². The third-order valence-electron chi connectivity index (χ3n) is 3.87. The highest BCUT2D eigenvalue weighted by Gasteiger charge is 2.12. The molecule has 0 spiro atoms. The summed E-state index contributed by atoms with van der Waals surface area (Å²) >= 11 is 6.39. The van der Waals surface area contributed by atoms with E-state index in [0.29, 0.717) is 28.6 Å². The van der Waals surface area contributed by atoms with E-state index >= 15 is 0 Å². The predicted octanol–water partition coefficient (Wildman–Crippen LogP) is 4.18. The summed E-state index contributed by atoms with van der Waals surface area (Å²) in [5.74, 6) is -1.28. The fourth-order valence-electron chi connectivity index (χ4n) is 2.44. The first-order chi connectivity index (χ1) is 12.9. The average molecular weight is 387 g/mol. The van der Waals surface area contributed by atoms with Crippen molar-refractivity contribution in [1.29, 1.82) is 0 Å². The second-order valence-corrected chi connectivity index (χ2v) is 6.18. The Hall–Kier alpha value is -3.19. The lowest BCUT2D eigenvalue weighted by atomic mass is 10.2. The van der Waals surface area contributed by atoms with Gasteiger partial charge in [0, 0.05) is 0 Å². The van der Waals surface area contributed by atoms with Crippen molar-refractivity contribution in [2.45, 2.75) is 13.5 Å². The minimum Gasteiger partial charge on any atom is -0.478 e. The number of anilines is 1. The molecule has 1 aromatic heterocycles. The molecule has 0 aliphatic heterocycles. The summed E-state index contributed by atoms with van der Waals surface area (Å²) in [6.45, 7) is 2.23. The van der Waals surface area contributed by atoms with Crippen LogP contribution in [0.25, 0.3) is 0 Å². The molecule has 0 aliphatic rings. The van der Waals surface area contributed by atoms with Crippen LogP contribution in [0.4, 0.5) is 10.1 Å². The van der Waals surface area contributed by atoms with Gasteiger partial charge in [0.25, 0.3) is 0 Å². The van der Waals surface area contributed by atoms with Gasteiger partial charge in [-0.15, -0.1) is 0 Å². The lowest BCUT2D eigenvalue weighted by Crippen LogP contribution is -2.02. The van der Waals surface area contributed by atoms with Gasteiger partial charge < -0.3 is 5.11 Å². The fourth-order valence-corrected chi connectivity index (χ4v) is 2.72. The Kier molecular flexibility index (Phi) is 5.52. The Morgan fingerprint density at radius 2 is 1.93 bits per heavy atom. The number of aryl methyl sites for hydroxylation is 1. The summed E-state index contributed by atoms with van der Waals surface area (Å²) in [7, 11) is 0. The first-order valence-corrected chi connectivity index (χ1v) is 8.41. The zero-order valence-electron chi connectivity index (χ0n) is 14.4. The highest BCUT2D eigenvalue weighted by atomic mass is 35.5. The molecule has 27 heavy (non-hydrogen) atoms. The van der Waals surface area contributed by atoms with E-state index < -0.39 is 5.97 Å². The zero-order chi connectivity index (χ0) is 19.4. The molecule has 0 aliphatic carbocycles.